The molecule has 140 valence electrons. The van der Waals surface area contributed by atoms with E-state index < -0.39 is 0 Å². The van der Waals surface area contributed by atoms with Gasteiger partial charge in [0.15, 0.2) is 6.61 Å². The second kappa shape index (κ2) is 9.05. The average Bonchev–Trinajstić information content (AvgIpc) is 3.22. The fraction of sp³-hybridized carbons (Fsp3) is 0.450. The first-order valence-corrected chi connectivity index (χ1v) is 9.84. The van der Waals surface area contributed by atoms with Crippen molar-refractivity contribution in [3.63, 3.8) is 0 Å². The highest BCUT2D eigenvalue weighted by Gasteiger charge is 2.35. The number of benzene rings is 1. The van der Waals surface area contributed by atoms with Gasteiger partial charge in [0.2, 0.25) is 0 Å². The van der Waals surface area contributed by atoms with Gasteiger partial charge in [-0.3, -0.25) is 4.79 Å². The van der Waals surface area contributed by atoms with Crippen molar-refractivity contribution in [2.45, 2.75) is 25.2 Å². The number of carbonyl (C=O) groups is 1. The SMILES string of the molecule is CCOc1ccc(OCC(=O)NCC2(c3cccs3)CCOCC2)cc1. The van der Waals surface area contributed by atoms with E-state index in [2.05, 4.69) is 22.8 Å². The third kappa shape index (κ3) is 4.77. The molecule has 0 unspecified atom stereocenters. The van der Waals surface area contributed by atoms with Crippen molar-refractivity contribution in [1.29, 1.82) is 0 Å². The van der Waals surface area contributed by atoms with Crippen molar-refractivity contribution < 1.29 is 19.0 Å². The molecule has 0 aliphatic carbocycles. The van der Waals surface area contributed by atoms with Gasteiger partial charge in [0.05, 0.1) is 6.61 Å². The highest BCUT2D eigenvalue weighted by atomic mass is 32.1. The predicted octanol–water partition coefficient (Wildman–Crippen LogP) is 3.39. The van der Waals surface area contributed by atoms with Crippen LogP contribution in [0.2, 0.25) is 0 Å². The summed E-state index contributed by atoms with van der Waals surface area (Å²) in [6, 6.07) is 11.5. The van der Waals surface area contributed by atoms with Crippen LogP contribution in [0.25, 0.3) is 0 Å². The summed E-state index contributed by atoms with van der Waals surface area (Å²) in [5, 5.41) is 5.13. The van der Waals surface area contributed by atoms with Crippen LogP contribution in [0, 0.1) is 0 Å². The van der Waals surface area contributed by atoms with Crippen LogP contribution < -0.4 is 14.8 Å². The Morgan fingerprint density at radius 3 is 2.46 bits per heavy atom. The molecule has 0 spiro atoms. The van der Waals surface area contributed by atoms with Gasteiger partial charge in [-0.1, -0.05) is 6.07 Å². The van der Waals surface area contributed by atoms with E-state index in [4.69, 9.17) is 14.2 Å². The average molecular weight is 375 g/mol. The standard InChI is InChI=1S/C20H25NO4S/c1-2-24-16-5-7-17(8-6-16)25-14-19(22)21-15-20(9-11-23-12-10-20)18-4-3-13-26-18/h3-8,13H,2,9-12,14-15H2,1H3,(H,21,22). The summed E-state index contributed by atoms with van der Waals surface area (Å²) >= 11 is 1.75. The molecule has 0 radical (unpaired) electrons. The first kappa shape index (κ1) is 18.7. The topological polar surface area (TPSA) is 56.8 Å². The molecular weight excluding hydrogens is 350 g/mol. The number of nitrogens with one attached hydrogen (secondary N) is 1. The van der Waals surface area contributed by atoms with Gasteiger partial charge in [-0.15, -0.1) is 11.3 Å². The Morgan fingerprint density at radius 2 is 1.85 bits per heavy atom. The molecule has 2 heterocycles. The Morgan fingerprint density at radius 1 is 1.15 bits per heavy atom. The molecule has 2 aromatic rings. The zero-order chi connectivity index (χ0) is 18.2. The molecule has 3 rings (SSSR count). The number of hydrogen-bond acceptors (Lipinski definition) is 5. The van der Waals surface area contributed by atoms with Crippen LogP contribution in [-0.2, 0) is 14.9 Å². The van der Waals surface area contributed by atoms with E-state index in [9.17, 15) is 4.79 Å². The van der Waals surface area contributed by atoms with E-state index >= 15 is 0 Å². The van der Waals surface area contributed by atoms with E-state index in [0.29, 0.717) is 18.9 Å². The van der Waals surface area contributed by atoms with E-state index in [0.717, 1.165) is 31.8 Å². The number of ether oxygens (including phenoxy) is 3. The molecule has 1 saturated heterocycles. The molecule has 26 heavy (non-hydrogen) atoms. The van der Waals surface area contributed by atoms with Crippen LogP contribution in [0.3, 0.4) is 0 Å². The lowest BCUT2D eigenvalue weighted by Gasteiger charge is -2.36. The van der Waals surface area contributed by atoms with E-state index in [-0.39, 0.29) is 17.9 Å². The van der Waals surface area contributed by atoms with Crippen molar-refractivity contribution in [2.24, 2.45) is 0 Å². The molecule has 1 N–H and O–H groups in total. The molecule has 0 atom stereocenters. The van der Waals surface area contributed by atoms with Crippen molar-refractivity contribution in [3.05, 3.63) is 46.7 Å². The first-order valence-electron chi connectivity index (χ1n) is 8.96. The molecule has 1 aromatic heterocycles. The third-order valence-corrected chi connectivity index (χ3v) is 5.74. The highest BCUT2D eigenvalue weighted by Crippen LogP contribution is 2.36. The largest absolute Gasteiger partial charge is 0.494 e. The summed E-state index contributed by atoms with van der Waals surface area (Å²) in [6.45, 7) is 4.65. The fourth-order valence-electron chi connectivity index (χ4n) is 3.12. The number of thiophene rings is 1. The van der Waals surface area contributed by atoms with Gasteiger partial charge in [0.25, 0.3) is 5.91 Å². The molecular formula is C20H25NO4S. The minimum absolute atomic E-state index is 0.00496. The maximum absolute atomic E-state index is 12.3. The predicted molar refractivity (Wildman–Crippen MR) is 102 cm³/mol. The zero-order valence-corrected chi connectivity index (χ0v) is 15.8. The Kier molecular flexibility index (Phi) is 6.52. The fourth-order valence-corrected chi connectivity index (χ4v) is 4.11. The smallest absolute Gasteiger partial charge is 0.257 e. The molecule has 0 saturated carbocycles. The summed E-state index contributed by atoms with van der Waals surface area (Å²) in [5.74, 6) is 1.34. The van der Waals surface area contributed by atoms with Gasteiger partial charge in [0.1, 0.15) is 11.5 Å². The Balaban J connectivity index is 1.51. The van der Waals surface area contributed by atoms with Gasteiger partial charge >= 0.3 is 0 Å². The monoisotopic (exact) mass is 375 g/mol. The van der Waals surface area contributed by atoms with Gasteiger partial charge in [0, 0.05) is 30.1 Å². The Labute approximate surface area is 158 Å². The molecule has 1 aromatic carbocycles. The van der Waals surface area contributed by atoms with Gasteiger partial charge in [-0.05, 0) is 55.5 Å². The van der Waals surface area contributed by atoms with E-state index in [1.54, 1.807) is 11.3 Å². The second-order valence-corrected chi connectivity index (χ2v) is 7.29. The summed E-state index contributed by atoms with van der Waals surface area (Å²) in [4.78, 5) is 13.6. The lowest BCUT2D eigenvalue weighted by atomic mass is 9.78. The van der Waals surface area contributed by atoms with Gasteiger partial charge < -0.3 is 19.5 Å². The van der Waals surface area contributed by atoms with Crippen molar-refractivity contribution in [2.75, 3.05) is 33.0 Å². The number of hydrogen-bond donors (Lipinski definition) is 1. The molecule has 1 amide bonds. The molecule has 6 heteroatoms. The van der Waals surface area contributed by atoms with Crippen LogP contribution in [0.4, 0.5) is 0 Å². The number of rotatable bonds is 8. The van der Waals surface area contributed by atoms with Crippen LogP contribution in [0.15, 0.2) is 41.8 Å². The number of carbonyl (C=O) groups excluding carboxylic acids is 1. The maximum atomic E-state index is 12.3. The van der Waals surface area contributed by atoms with Gasteiger partial charge in [-0.25, -0.2) is 0 Å². The van der Waals surface area contributed by atoms with Crippen LogP contribution in [-0.4, -0.2) is 38.9 Å². The van der Waals surface area contributed by atoms with Gasteiger partial charge in [-0.2, -0.15) is 0 Å². The van der Waals surface area contributed by atoms with E-state index in [1.165, 1.54) is 4.88 Å². The molecule has 1 aliphatic rings. The molecule has 1 fully saturated rings. The summed E-state index contributed by atoms with van der Waals surface area (Å²) in [6.07, 6.45) is 1.85. The number of amides is 1. The molecule has 1 aliphatic heterocycles. The van der Waals surface area contributed by atoms with Crippen molar-refractivity contribution in [3.8, 4) is 11.5 Å². The zero-order valence-electron chi connectivity index (χ0n) is 15.0. The quantitative estimate of drug-likeness (QED) is 0.768. The minimum atomic E-state index is -0.110. The summed E-state index contributed by atoms with van der Waals surface area (Å²) in [7, 11) is 0. The lowest BCUT2D eigenvalue weighted by molar-refractivity contribution is -0.123. The van der Waals surface area contributed by atoms with Crippen LogP contribution >= 0.6 is 11.3 Å². The minimum Gasteiger partial charge on any atom is -0.494 e. The maximum Gasteiger partial charge on any atom is 0.257 e. The summed E-state index contributed by atoms with van der Waals surface area (Å²) < 4.78 is 16.5. The highest BCUT2D eigenvalue weighted by molar-refractivity contribution is 7.10. The van der Waals surface area contributed by atoms with E-state index in [1.807, 2.05) is 31.2 Å². The van der Waals surface area contributed by atoms with Crippen LogP contribution in [0.1, 0.15) is 24.6 Å². The Bertz CT molecular complexity index is 678. The van der Waals surface area contributed by atoms with Crippen molar-refractivity contribution >= 4 is 17.2 Å². The Hall–Kier alpha value is -2.05. The third-order valence-electron chi connectivity index (χ3n) is 4.62. The molecule has 0 bridgehead atoms. The lowest BCUT2D eigenvalue weighted by Crippen LogP contribution is -2.45. The van der Waals surface area contributed by atoms with Crippen molar-refractivity contribution in [1.82, 2.24) is 5.32 Å². The molecule has 5 nitrogen and oxygen atoms in total. The second-order valence-electron chi connectivity index (χ2n) is 6.34. The summed E-state index contributed by atoms with van der Waals surface area (Å²) in [5.41, 5.74) is -0.0266. The van der Waals surface area contributed by atoms with Crippen LogP contribution in [0.5, 0.6) is 11.5 Å². The normalized spacial score (nSPS) is 16.0. The first-order chi connectivity index (χ1) is 12.7.